The lowest BCUT2D eigenvalue weighted by Crippen LogP contribution is -2.13. The molecule has 5 heteroatoms. The Morgan fingerprint density at radius 3 is 3.10 bits per heavy atom. The number of pyridine rings is 1. The molecule has 4 nitrogen and oxygen atoms in total. The van der Waals surface area contributed by atoms with Crippen molar-refractivity contribution in [1.82, 2.24) is 4.98 Å². The van der Waals surface area contributed by atoms with E-state index < -0.39 is 0 Å². The minimum atomic E-state index is -0.144. The van der Waals surface area contributed by atoms with Gasteiger partial charge in [0.1, 0.15) is 5.82 Å². The summed E-state index contributed by atoms with van der Waals surface area (Å²) in [6.07, 6.45) is 2.86. The smallest absolute Gasteiger partial charge is 0.267 e. The van der Waals surface area contributed by atoms with Gasteiger partial charge in [0.15, 0.2) is 0 Å². The lowest BCUT2D eigenvalue weighted by Gasteiger charge is -2.04. The Labute approximate surface area is 127 Å². The van der Waals surface area contributed by atoms with E-state index in [1.165, 1.54) is 11.3 Å². The van der Waals surface area contributed by atoms with Crippen LogP contribution in [0.4, 0.5) is 5.82 Å². The number of aliphatic hydroxyl groups is 1. The molecule has 0 unspecified atom stereocenters. The highest BCUT2D eigenvalue weighted by atomic mass is 32.1. The molecule has 0 spiro atoms. The Bertz CT molecular complexity index is 683. The number of aryl methyl sites for hydroxylation is 1. The van der Waals surface area contributed by atoms with Crippen LogP contribution in [0.25, 0.3) is 0 Å². The molecular weight excluding hydrogens is 284 g/mol. The molecule has 0 atom stereocenters. The third kappa shape index (κ3) is 4.15. The molecule has 0 saturated heterocycles. The Hall–Kier alpha value is -2.16. The standard InChI is InChI=1S/C16H16N2O2S/c1-2-13-7-10-21-15(13)16(20)18-14-11-12(6-8-17-14)5-3-4-9-19/h6-8,10-11,19H,2,4,9H2,1H3,(H,17,18,20). The molecule has 1 amide bonds. The van der Waals surface area contributed by atoms with Gasteiger partial charge in [-0.25, -0.2) is 4.98 Å². The fraction of sp³-hybridized carbons (Fsp3) is 0.250. The Morgan fingerprint density at radius 2 is 2.33 bits per heavy atom. The highest BCUT2D eigenvalue weighted by Gasteiger charge is 2.12. The SMILES string of the molecule is CCc1ccsc1C(=O)Nc1cc(C#CCCO)ccn1. The third-order valence-electron chi connectivity index (χ3n) is 2.80. The van der Waals surface area contributed by atoms with Crippen molar-refractivity contribution in [3.05, 3.63) is 45.8 Å². The average molecular weight is 300 g/mol. The summed E-state index contributed by atoms with van der Waals surface area (Å²) in [5.41, 5.74) is 1.80. The number of hydrogen-bond acceptors (Lipinski definition) is 4. The molecule has 2 rings (SSSR count). The zero-order chi connectivity index (χ0) is 15.1. The van der Waals surface area contributed by atoms with E-state index in [9.17, 15) is 4.79 Å². The van der Waals surface area contributed by atoms with E-state index in [2.05, 4.69) is 22.1 Å². The molecular formula is C16H16N2O2S. The summed E-state index contributed by atoms with van der Waals surface area (Å²) in [5, 5.41) is 13.4. The summed E-state index contributed by atoms with van der Waals surface area (Å²) in [7, 11) is 0. The first-order chi connectivity index (χ1) is 10.2. The Kier molecular flexibility index (Phi) is 5.50. The zero-order valence-corrected chi connectivity index (χ0v) is 12.5. The quantitative estimate of drug-likeness (QED) is 0.853. The van der Waals surface area contributed by atoms with Crippen molar-refractivity contribution < 1.29 is 9.90 Å². The van der Waals surface area contributed by atoms with Crippen LogP contribution < -0.4 is 5.32 Å². The second kappa shape index (κ2) is 7.58. The summed E-state index contributed by atoms with van der Waals surface area (Å²) >= 11 is 1.43. The van der Waals surface area contributed by atoms with E-state index in [0.29, 0.717) is 12.2 Å². The van der Waals surface area contributed by atoms with Gasteiger partial charge in [-0.2, -0.15) is 0 Å². The number of nitrogens with one attached hydrogen (secondary N) is 1. The predicted octanol–water partition coefficient (Wildman–Crippen LogP) is 2.69. The van der Waals surface area contributed by atoms with Gasteiger partial charge in [-0.05, 0) is 35.6 Å². The molecule has 2 heterocycles. The van der Waals surface area contributed by atoms with Crippen LogP contribution in [-0.4, -0.2) is 22.6 Å². The summed E-state index contributed by atoms with van der Waals surface area (Å²) in [6.45, 7) is 2.06. The first kappa shape index (κ1) is 15.2. The van der Waals surface area contributed by atoms with Crippen LogP contribution in [-0.2, 0) is 6.42 Å². The minimum absolute atomic E-state index is 0.0415. The van der Waals surface area contributed by atoms with Crippen molar-refractivity contribution in [1.29, 1.82) is 0 Å². The van der Waals surface area contributed by atoms with Gasteiger partial charge < -0.3 is 10.4 Å². The van der Waals surface area contributed by atoms with Crippen molar-refractivity contribution >= 4 is 23.1 Å². The molecule has 0 bridgehead atoms. The molecule has 21 heavy (non-hydrogen) atoms. The molecule has 2 aromatic heterocycles. The molecule has 0 saturated carbocycles. The van der Waals surface area contributed by atoms with Crippen molar-refractivity contribution in [2.24, 2.45) is 0 Å². The van der Waals surface area contributed by atoms with Crippen LogP contribution in [0.1, 0.15) is 34.1 Å². The van der Waals surface area contributed by atoms with Gasteiger partial charge in [-0.1, -0.05) is 18.8 Å². The molecule has 108 valence electrons. The highest BCUT2D eigenvalue weighted by molar-refractivity contribution is 7.12. The van der Waals surface area contributed by atoms with Crippen LogP contribution in [0.5, 0.6) is 0 Å². The summed E-state index contributed by atoms with van der Waals surface area (Å²) in [5.74, 6) is 6.09. The molecule has 2 aromatic rings. The number of thiophene rings is 1. The first-order valence-electron chi connectivity index (χ1n) is 6.68. The van der Waals surface area contributed by atoms with E-state index in [4.69, 9.17) is 5.11 Å². The van der Waals surface area contributed by atoms with Gasteiger partial charge in [-0.15, -0.1) is 11.3 Å². The summed E-state index contributed by atoms with van der Waals surface area (Å²) < 4.78 is 0. The number of aliphatic hydroxyl groups excluding tert-OH is 1. The van der Waals surface area contributed by atoms with E-state index in [1.54, 1.807) is 18.3 Å². The highest BCUT2D eigenvalue weighted by Crippen LogP contribution is 2.19. The van der Waals surface area contributed by atoms with Crippen LogP contribution in [0.3, 0.4) is 0 Å². The second-order valence-corrected chi connectivity index (χ2v) is 5.20. The molecule has 0 aliphatic rings. The fourth-order valence-corrected chi connectivity index (χ4v) is 2.67. The maximum atomic E-state index is 12.2. The molecule has 0 aliphatic carbocycles. The Balaban J connectivity index is 2.11. The first-order valence-corrected chi connectivity index (χ1v) is 7.56. The van der Waals surface area contributed by atoms with E-state index in [1.807, 2.05) is 18.4 Å². The van der Waals surface area contributed by atoms with Gasteiger partial charge in [0.05, 0.1) is 11.5 Å². The number of carbonyl (C=O) groups excluding carboxylic acids is 1. The van der Waals surface area contributed by atoms with Gasteiger partial charge in [-0.3, -0.25) is 4.79 Å². The van der Waals surface area contributed by atoms with Crippen molar-refractivity contribution in [3.63, 3.8) is 0 Å². The number of aromatic nitrogens is 1. The molecule has 0 fully saturated rings. The van der Waals surface area contributed by atoms with Gasteiger partial charge in [0.25, 0.3) is 5.91 Å². The predicted molar refractivity (Wildman–Crippen MR) is 84.5 cm³/mol. The largest absolute Gasteiger partial charge is 0.395 e. The molecule has 0 aromatic carbocycles. The number of carbonyl (C=O) groups is 1. The van der Waals surface area contributed by atoms with Gasteiger partial charge >= 0.3 is 0 Å². The molecule has 2 N–H and O–H groups in total. The lowest BCUT2D eigenvalue weighted by atomic mass is 10.2. The van der Waals surface area contributed by atoms with E-state index in [0.717, 1.165) is 22.4 Å². The van der Waals surface area contributed by atoms with Crippen molar-refractivity contribution in [2.45, 2.75) is 19.8 Å². The molecule has 0 aliphatic heterocycles. The van der Waals surface area contributed by atoms with Crippen molar-refractivity contribution in [3.8, 4) is 11.8 Å². The van der Waals surface area contributed by atoms with Crippen LogP contribution in [0.15, 0.2) is 29.8 Å². The average Bonchev–Trinajstić information content (AvgIpc) is 2.96. The normalized spacial score (nSPS) is 9.81. The monoisotopic (exact) mass is 300 g/mol. The van der Waals surface area contributed by atoms with Gasteiger partial charge in [0.2, 0.25) is 0 Å². The topological polar surface area (TPSA) is 62.2 Å². The number of rotatable bonds is 4. The Morgan fingerprint density at radius 1 is 1.48 bits per heavy atom. The lowest BCUT2D eigenvalue weighted by molar-refractivity contribution is 0.102. The van der Waals surface area contributed by atoms with Crippen LogP contribution in [0, 0.1) is 11.8 Å². The minimum Gasteiger partial charge on any atom is -0.395 e. The zero-order valence-electron chi connectivity index (χ0n) is 11.7. The summed E-state index contributed by atoms with van der Waals surface area (Å²) in [4.78, 5) is 17.1. The van der Waals surface area contributed by atoms with E-state index >= 15 is 0 Å². The number of amides is 1. The second-order valence-electron chi connectivity index (χ2n) is 4.29. The fourth-order valence-electron chi connectivity index (χ4n) is 1.78. The number of anilines is 1. The number of nitrogens with zero attached hydrogens (tertiary/aromatic N) is 1. The molecule has 0 radical (unpaired) electrons. The van der Waals surface area contributed by atoms with E-state index in [-0.39, 0.29) is 12.5 Å². The van der Waals surface area contributed by atoms with Gasteiger partial charge in [0, 0.05) is 18.2 Å². The van der Waals surface area contributed by atoms with Crippen LogP contribution >= 0.6 is 11.3 Å². The maximum Gasteiger partial charge on any atom is 0.267 e. The third-order valence-corrected chi connectivity index (χ3v) is 3.76. The number of hydrogen-bond donors (Lipinski definition) is 2. The van der Waals surface area contributed by atoms with Crippen LogP contribution in [0.2, 0.25) is 0 Å². The summed E-state index contributed by atoms with van der Waals surface area (Å²) in [6, 6.07) is 5.45. The maximum absolute atomic E-state index is 12.2. The van der Waals surface area contributed by atoms with Crippen molar-refractivity contribution in [2.75, 3.05) is 11.9 Å².